The molecule has 0 fully saturated rings. The Balaban J connectivity index is 1.63. The molecule has 1 heterocycles. The average Bonchev–Trinajstić information content (AvgIpc) is 2.76. The third kappa shape index (κ3) is 4.52. The van der Waals surface area contributed by atoms with Crippen LogP contribution in [0.1, 0.15) is 16.7 Å². The topological polar surface area (TPSA) is 64.3 Å². The number of aromatic nitrogens is 2. The number of aliphatic hydroxyl groups is 1. The van der Waals surface area contributed by atoms with E-state index in [1.54, 1.807) is 6.07 Å². The van der Waals surface area contributed by atoms with Crippen LogP contribution in [0.3, 0.4) is 0 Å². The van der Waals surface area contributed by atoms with Crippen LogP contribution < -0.4 is 10.3 Å². The highest BCUT2D eigenvalue weighted by molar-refractivity contribution is 5.93. The van der Waals surface area contributed by atoms with E-state index >= 15 is 0 Å². The summed E-state index contributed by atoms with van der Waals surface area (Å²) in [5.41, 5.74) is 4.74. The van der Waals surface area contributed by atoms with Crippen molar-refractivity contribution in [2.45, 2.75) is 33.4 Å². The lowest BCUT2D eigenvalue weighted by Crippen LogP contribution is -2.32. The third-order valence-corrected chi connectivity index (χ3v) is 5.34. The van der Waals surface area contributed by atoms with Crippen LogP contribution in [0, 0.1) is 20.8 Å². The average molecular weight is 415 g/mol. The molecular weight excluding hydrogens is 388 g/mol. The van der Waals surface area contributed by atoms with Crippen LogP contribution in [-0.2, 0) is 6.54 Å². The summed E-state index contributed by atoms with van der Waals surface area (Å²) in [6.07, 6.45) is -0.877. The van der Waals surface area contributed by atoms with Crippen LogP contribution in [0.25, 0.3) is 22.0 Å². The Morgan fingerprint density at radius 1 is 0.935 bits per heavy atom. The number of fused-ring (bicyclic) bond motifs is 1. The number of aryl methyl sites for hydroxylation is 3. The Bertz CT molecular complexity index is 1280. The molecule has 1 unspecified atom stereocenters. The van der Waals surface area contributed by atoms with E-state index in [4.69, 9.17) is 4.74 Å². The van der Waals surface area contributed by atoms with E-state index in [0.29, 0.717) is 5.39 Å². The van der Waals surface area contributed by atoms with Crippen molar-refractivity contribution < 1.29 is 9.84 Å². The molecular formula is C26H26N2O3. The molecule has 4 rings (SSSR count). The molecule has 0 spiro atoms. The Hall–Kier alpha value is -3.44. The van der Waals surface area contributed by atoms with Crippen molar-refractivity contribution in [3.8, 4) is 17.0 Å². The van der Waals surface area contributed by atoms with Crippen LogP contribution in [0.4, 0.5) is 0 Å². The van der Waals surface area contributed by atoms with Gasteiger partial charge in [-0.25, -0.2) is 4.68 Å². The molecule has 5 nitrogen and oxygen atoms in total. The molecule has 0 aliphatic carbocycles. The predicted molar refractivity (Wildman–Crippen MR) is 124 cm³/mol. The van der Waals surface area contributed by atoms with Gasteiger partial charge in [-0.1, -0.05) is 65.7 Å². The quantitative estimate of drug-likeness (QED) is 0.507. The molecule has 0 aliphatic rings. The second-order valence-electron chi connectivity index (χ2n) is 7.98. The molecule has 1 atom stereocenters. The Morgan fingerprint density at radius 3 is 2.32 bits per heavy atom. The summed E-state index contributed by atoms with van der Waals surface area (Å²) in [5.74, 6) is 0.726. The van der Waals surface area contributed by atoms with Gasteiger partial charge < -0.3 is 9.84 Å². The van der Waals surface area contributed by atoms with Crippen molar-refractivity contribution in [1.82, 2.24) is 9.78 Å². The van der Waals surface area contributed by atoms with E-state index < -0.39 is 6.10 Å². The van der Waals surface area contributed by atoms with Crippen molar-refractivity contribution in [3.63, 3.8) is 0 Å². The normalized spacial score (nSPS) is 12.1. The summed E-state index contributed by atoms with van der Waals surface area (Å²) in [6, 6.07) is 21.4. The third-order valence-electron chi connectivity index (χ3n) is 5.34. The van der Waals surface area contributed by atoms with Gasteiger partial charge in [-0.15, -0.1) is 0 Å². The molecule has 5 heteroatoms. The summed E-state index contributed by atoms with van der Waals surface area (Å²) in [4.78, 5) is 13.0. The zero-order chi connectivity index (χ0) is 22.0. The Labute approximate surface area is 181 Å². The highest BCUT2D eigenvalue weighted by atomic mass is 16.5. The molecule has 0 bridgehead atoms. The van der Waals surface area contributed by atoms with Crippen molar-refractivity contribution in [3.05, 3.63) is 93.8 Å². The molecule has 1 N–H and O–H groups in total. The van der Waals surface area contributed by atoms with Gasteiger partial charge in [0.15, 0.2) is 0 Å². The molecule has 0 radical (unpaired) electrons. The monoisotopic (exact) mass is 414 g/mol. The van der Waals surface area contributed by atoms with Gasteiger partial charge in [-0.3, -0.25) is 4.79 Å². The minimum atomic E-state index is -0.877. The summed E-state index contributed by atoms with van der Waals surface area (Å²) >= 11 is 0. The minimum Gasteiger partial charge on any atom is -0.491 e. The van der Waals surface area contributed by atoms with E-state index in [9.17, 15) is 9.90 Å². The van der Waals surface area contributed by atoms with Gasteiger partial charge in [0.25, 0.3) is 5.56 Å². The number of hydrogen-bond acceptors (Lipinski definition) is 4. The van der Waals surface area contributed by atoms with Crippen molar-refractivity contribution in [2.24, 2.45) is 0 Å². The van der Waals surface area contributed by atoms with Gasteiger partial charge in [0, 0.05) is 10.9 Å². The molecule has 0 saturated heterocycles. The molecule has 0 amide bonds. The number of ether oxygens (including phenoxy) is 1. The molecule has 31 heavy (non-hydrogen) atoms. The lowest BCUT2D eigenvalue weighted by molar-refractivity contribution is 0.0879. The number of rotatable bonds is 6. The second kappa shape index (κ2) is 8.74. The summed E-state index contributed by atoms with van der Waals surface area (Å²) in [6.45, 7) is 6.15. The zero-order valence-electron chi connectivity index (χ0n) is 18.0. The molecule has 0 aliphatic heterocycles. The molecule has 3 aromatic carbocycles. The Kier molecular flexibility index (Phi) is 5.87. The SMILES string of the molecule is Cc1ccc(-c2nn(CC(O)COc3ccc(C)cc3C)c(=O)c3ccccc23)cc1. The van der Waals surface area contributed by atoms with E-state index in [-0.39, 0.29) is 18.7 Å². The van der Waals surface area contributed by atoms with E-state index in [0.717, 1.165) is 39.1 Å². The highest BCUT2D eigenvalue weighted by Crippen LogP contribution is 2.25. The van der Waals surface area contributed by atoms with Crippen LogP contribution in [0.15, 0.2) is 71.5 Å². The van der Waals surface area contributed by atoms with Gasteiger partial charge in [0.1, 0.15) is 18.5 Å². The van der Waals surface area contributed by atoms with Crippen LogP contribution in [-0.4, -0.2) is 27.6 Å². The van der Waals surface area contributed by atoms with E-state index in [2.05, 4.69) is 5.10 Å². The van der Waals surface area contributed by atoms with Gasteiger partial charge in [-0.05, 0) is 38.5 Å². The lowest BCUT2D eigenvalue weighted by atomic mass is 10.0. The van der Waals surface area contributed by atoms with Crippen molar-refractivity contribution in [2.75, 3.05) is 6.61 Å². The maximum absolute atomic E-state index is 13.0. The standard InChI is InChI=1S/C26H26N2O3/c1-17-8-11-20(12-9-17)25-22-6-4-5-7-23(22)26(30)28(27-25)15-21(29)16-31-24-13-10-18(2)14-19(24)3/h4-14,21,29H,15-16H2,1-3H3. The van der Waals surface area contributed by atoms with Crippen LogP contribution >= 0.6 is 0 Å². The van der Waals surface area contributed by atoms with Gasteiger partial charge in [-0.2, -0.15) is 5.10 Å². The maximum Gasteiger partial charge on any atom is 0.274 e. The van der Waals surface area contributed by atoms with Gasteiger partial charge in [0.2, 0.25) is 0 Å². The van der Waals surface area contributed by atoms with Gasteiger partial charge in [0.05, 0.1) is 17.6 Å². The number of nitrogens with zero attached hydrogens (tertiary/aromatic N) is 2. The molecule has 0 saturated carbocycles. The fourth-order valence-corrected chi connectivity index (χ4v) is 3.68. The Morgan fingerprint density at radius 2 is 1.61 bits per heavy atom. The number of hydrogen-bond donors (Lipinski definition) is 1. The lowest BCUT2D eigenvalue weighted by Gasteiger charge is -2.16. The first kappa shape index (κ1) is 20.8. The smallest absolute Gasteiger partial charge is 0.274 e. The molecule has 1 aromatic heterocycles. The molecule has 158 valence electrons. The minimum absolute atomic E-state index is 0.0490. The maximum atomic E-state index is 13.0. The number of benzene rings is 3. The summed E-state index contributed by atoms with van der Waals surface area (Å²) < 4.78 is 7.13. The number of aliphatic hydroxyl groups excluding tert-OH is 1. The zero-order valence-corrected chi connectivity index (χ0v) is 18.0. The van der Waals surface area contributed by atoms with Gasteiger partial charge >= 0.3 is 0 Å². The van der Waals surface area contributed by atoms with Crippen molar-refractivity contribution >= 4 is 10.8 Å². The predicted octanol–water partition coefficient (Wildman–Crippen LogP) is 4.43. The fraction of sp³-hybridized carbons (Fsp3) is 0.231. The fourth-order valence-electron chi connectivity index (χ4n) is 3.68. The van der Waals surface area contributed by atoms with Crippen LogP contribution in [0.5, 0.6) is 5.75 Å². The largest absolute Gasteiger partial charge is 0.491 e. The first-order valence-electron chi connectivity index (χ1n) is 10.4. The first-order chi connectivity index (χ1) is 14.9. The summed E-state index contributed by atoms with van der Waals surface area (Å²) in [7, 11) is 0. The second-order valence-corrected chi connectivity index (χ2v) is 7.98. The van der Waals surface area contributed by atoms with E-state index in [1.807, 2.05) is 81.4 Å². The van der Waals surface area contributed by atoms with Crippen molar-refractivity contribution in [1.29, 1.82) is 0 Å². The summed E-state index contributed by atoms with van der Waals surface area (Å²) in [5, 5.41) is 16.6. The van der Waals surface area contributed by atoms with E-state index in [1.165, 1.54) is 4.68 Å². The van der Waals surface area contributed by atoms with Crippen LogP contribution in [0.2, 0.25) is 0 Å². The highest BCUT2D eigenvalue weighted by Gasteiger charge is 2.15. The molecule has 4 aromatic rings. The first-order valence-corrected chi connectivity index (χ1v) is 10.4.